The van der Waals surface area contributed by atoms with Crippen LogP contribution in [0.2, 0.25) is 0 Å². The number of carbonyl (C=O) groups is 2. The molecule has 0 aromatic heterocycles. The van der Waals surface area contributed by atoms with Gasteiger partial charge < -0.3 is 38.8 Å². The van der Waals surface area contributed by atoms with E-state index in [4.69, 9.17) is 28.8 Å². The second-order valence-corrected chi connectivity index (χ2v) is 8.83. The highest BCUT2D eigenvalue weighted by Gasteiger charge is 2.03. The van der Waals surface area contributed by atoms with Crippen LogP contribution in [0, 0.1) is 0 Å². The van der Waals surface area contributed by atoms with Gasteiger partial charge >= 0.3 is 5.97 Å². The zero-order valence-corrected chi connectivity index (χ0v) is 23.2. The van der Waals surface area contributed by atoms with Crippen LogP contribution < -0.4 is 5.32 Å². The number of nitrogens with one attached hydrogen (secondary N) is 1. The van der Waals surface area contributed by atoms with Gasteiger partial charge in [0.05, 0.1) is 59.5 Å². The van der Waals surface area contributed by atoms with Gasteiger partial charge in [0, 0.05) is 13.2 Å². The van der Waals surface area contributed by atoms with Gasteiger partial charge in [0.2, 0.25) is 5.91 Å². The van der Waals surface area contributed by atoms with Crippen LogP contribution in [0.1, 0.15) is 77.6 Å². The molecule has 0 bridgehead atoms. The lowest BCUT2D eigenvalue weighted by molar-refractivity contribution is -0.143. The third-order valence-electron chi connectivity index (χ3n) is 5.41. The predicted molar refractivity (Wildman–Crippen MR) is 142 cm³/mol. The second kappa shape index (κ2) is 30.9. The number of rotatable bonds is 31. The molecule has 1 amide bonds. The molecule has 0 saturated carbocycles. The zero-order chi connectivity index (χ0) is 27.1. The Bertz CT molecular complexity index is 494. The number of carbonyl (C=O) groups excluding carboxylic acids is 1. The maximum Gasteiger partial charge on any atom is 0.329 e. The molecular formula is C27H53NO9. The van der Waals surface area contributed by atoms with Crippen LogP contribution in [0.25, 0.3) is 0 Å². The topological polar surface area (TPSA) is 122 Å². The first-order valence-corrected chi connectivity index (χ1v) is 14.1. The first kappa shape index (κ1) is 35.7. The Labute approximate surface area is 224 Å². The van der Waals surface area contributed by atoms with Crippen LogP contribution in [0.5, 0.6) is 0 Å². The van der Waals surface area contributed by atoms with E-state index in [0.29, 0.717) is 66.0 Å². The van der Waals surface area contributed by atoms with E-state index in [2.05, 4.69) is 17.0 Å². The molecule has 0 saturated heterocycles. The van der Waals surface area contributed by atoms with Crippen LogP contribution in [-0.4, -0.2) is 103 Å². The van der Waals surface area contributed by atoms with Gasteiger partial charge in [0.25, 0.3) is 0 Å². The van der Waals surface area contributed by atoms with Crippen molar-refractivity contribution in [2.75, 3.05) is 85.8 Å². The predicted octanol–water partition coefficient (Wildman–Crippen LogP) is 3.60. The van der Waals surface area contributed by atoms with Crippen molar-refractivity contribution in [1.29, 1.82) is 0 Å². The summed E-state index contributed by atoms with van der Waals surface area (Å²) in [5.41, 5.74) is 0. The van der Waals surface area contributed by atoms with E-state index in [1.807, 2.05) is 0 Å². The molecule has 0 aliphatic carbocycles. The van der Waals surface area contributed by atoms with E-state index in [-0.39, 0.29) is 12.5 Å². The summed E-state index contributed by atoms with van der Waals surface area (Å²) in [5.74, 6) is -1.49. The molecule has 0 aliphatic heterocycles. The van der Waals surface area contributed by atoms with Crippen molar-refractivity contribution < 1.29 is 43.1 Å². The summed E-state index contributed by atoms with van der Waals surface area (Å²) >= 11 is 0. The number of aliphatic carboxylic acids is 1. The Balaban J connectivity index is 3.08. The Morgan fingerprint density at radius 3 is 1.38 bits per heavy atom. The first-order valence-electron chi connectivity index (χ1n) is 14.1. The molecule has 10 heteroatoms. The van der Waals surface area contributed by atoms with Crippen molar-refractivity contribution >= 4 is 11.9 Å². The summed E-state index contributed by atoms with van der Waals surface area (Å²) in [4.78, 5) is 21.6. The standard InChI is InChI=1S/C27H53NO9/c1-2-3-4-5-6-7-8-9-10-11-12-14-32-16-18-34-20-22-36-23-21-35-19-17-33-15-13-28-26(29)24-37-25-27(30)31/h2-25H2,1H3,(H,28,29)(H,30,31). The van der Waals surface area contributed by atoms with Gasteiger partial charge in [-0.15, -0.1) is 0 Å². The molecule has 0 radical (unpaired) electrons. The monoisotopic (exact) mass is 535 g/mol. The fourth-order valence-corrected chi connectivity index (χ4v) is 3.39. The van der Waals surface area contributed by atoms with Crippen molar-refractivity contribution in [3.05, 3.63) is 0 Å². The number of hydrogen-bond acceptors (Lipinski definition) is 8. The Morgan fingerprint density at radius 1 is 0.514 bits per heavy atom. The molecular weight excluding hydrogens is 482 g/mol. The zero-order valence-electron chi connectivity index (χ0n) is 23.2. The molecule has 0 heterocycles. The van der Waals surface area contributed by atoms with Crippen molar-refractivity contribution in [3.8, 4) is 0 Å². The Kier molecular flexibility index (Phi) is 29.8. The fraction of sp³-hybridized carbons (Fsp3) is 0.926. The average molecular weight is 536 g/mol. The third-order valence-corrected chi connectivity index (χ3v) is 5.41. The molecule has 10 nitrogen and oxygen atoms in total. The van der Waals surface area contributed by atoms with E-state index in [9.17, 15) is 9.59 Å². The van der Waals surface area contributed by atoms with Crippen molar-refractivity contribution in [1.82, 2.24) is 5.32 Å². The number of amides is 1. The molecule has 220 valence electrons. The summed E-state index contributed by atoms with van der Waals surface area (Å²) in [5, 5.41) is 11.0. The summed E-state index contributed by atoms with van der Waals surface area (Å²) in [6.45, 7) is 7.05. The van der Waals surface area contributed by atoms with Crippen molar-refractivity contribution in [2.45, 2.75) is 77.6 Å². The number of carboxylic acids is 1. The Morgan fingerprint density at radius 2 is 0.919 bits per heavy atom. The Hall–Kier alpha value is -1.30. The number of unbranched alkanes of at least 4 members (excludes halogenated alkanes) is 10. The number of hydrogen-bond donors (Lipinski definition) is 2. The van der Waals surface area contributed by atoms with E-state index >= 15 is 0 Å². The average Bonchev–Trinajstić information content (AvgIpc) is 2.88. The molecule has 0 spiro atoms. The minimum absolute atomic E-state index is 0.284. The summed E-state index contributed by atoms with van der Waals surface area (Å²) in [7, 11) is 0. The van der Waals surface area contributed by atoms with Crippen LogP contribution in [-0.2, 0) is 38.0 Å². The van der Waals surface area contributed by atoms with Gasteiger partial charge in [-0.25, -0.2) is 4.79 Å². The van der Waals surface area contributed by atoms with Crippen LogP contribution in [0.4, 0.5) is 0 Å². The van der Waals surface area contributed by atoms with Gasteiger partial charge in [0.15, 0.2) is 0 Å². The van der Waals surface area contributed by atoms with E-state index in [1.54, 1.807) is 0 Å². The third kappa shape index (κ3) is 32.7. The normalized spacial score (nSPS) is 11.2. The number of ether oxygens (including phenoxy) is 6. The van der Waals surface area contributed by atoms with Crippen LogP contribution in [0.15, 0.2) is 0 Å². The van der Waals surface area contributed by atoms with Crippen molar-refractivity contribution in [3.63, 3.8) is 0 Å². The minimum Gasteiger partial charge on any atom is -0.480 e. The smallest absolute Gasteiger partial charge is 0.329 e. The maximum atomic E-state index is 11.3. The van der Waals surface area contributed by atoms with Gasteiger partial charge in [0.1, 0.15) is 13.2 Å². The minimum atomic E-state index is -1.11. The SMILES string of the molecule is CCCCCCCCCCCCCOCCOCCOCCOCCOCCNC(=O)COCC(=O)O. The lowest BCUT2D eigenvalue weighted by Gasteiger charge is -2.08. The summed E-state index contributed by atoms with van der Waals surface area (Å²) in [6.07, 6.45) is 14.8. The van der Waals surface area contributed by atoms with E-state index in [0.717, 1.165) is 13.0 Å². The molecule has 0 aromatic carbocycles. The second-order valence-electron chi connectivity index (χ2n) is 8.83. The molecule has 0 unspecified atom stereocenters. The van der Waals surface area contributed by atoms with Crippen molar-refractivity contribution in [2.24, 2.45) is 0 Å². The van der Waals surface area contributed by atoms with Gasteiger partial charge in [-0.1, -0.05) is 71.1 Å². The highest BCUT2D eigenvalue weighted by atomic mass is 16.6. The van der Waals surface area contributed by atoms with Gasteiger partial charge in [-0.2, -0.15) is 0 Å². The molecule has 37 heavy (non-hydrogen) atoms. The molecule has 0 fully saturated rings. The molecule has 0 aromatic rings. The number of carboxylic acid groups (broad SMARTS) is 1. The lowest BCUT2D eigenvalue weighted by atomic mass is 10.1. The van der Waals surface area contributed by atoms with Crippen LogP contribution in [0.3, 0.4) is 0 Å². The fourth-order valence-electron chi connectivity index (χ4n) is 3.39. The largest absolute Gasteiger partial charge is 0.480 e. The van der Waals surface area contributed by atoms with Gasteiger partial charge in [-0.3, -0.25) is 4.79 Å². The maximum absolute atomic E-state index is 11.3. The van der Waals surface area contributed by atoms with Crippen LogP contribution >= 0.6 is 0 Å². The van der Waals surface area contributed by atoms with E-state index in [1.165, 1.54) is 64.2 Å². The highest BCUT2D eigenvalue weighted by molar-refractivity contribution is 5.77. The quantitative estimate of drug-likeness (QED) is 0.128. The molecule has 2 N–H and O–H groups in total. The van der Waals surface area contributed by atoms with E-state index < -0.39 is 12.6 Å². The summed E-state index contributed by atoms with van der Waals surface area (Å²) < 4.78 is 32.0. The lowest BCUT2D eigenvalue weighted by Crippen LogP contribution is -2.31. The molecule has 0 aliphatic rings. The highest BCUT2D eigenvalue weighted by Crippen LogP contribution is 2.11. The molecule has 0 rings (SSSR count). The summed E-state index contributed by atoms with van der Waals surface area (Å²) in [6, 6.07) is 0. The first-order chi connectivity index (χ1) is 18.2. The molecule has 0 atom stereocenters. The van der Waals surface area contributed by atoms with Gasteiger partial charge in [-0.05, 0) is 6.42 Å².